The number of hydrogen-bond donors (Lipinski definition) is 1. The Labute approximate surface area is 110 Å². The van der Waals surface area contributed by atoms with Crippen molar-refractivity contribution in [3.8, 4) is 0 Å². The van der Waals surface area contributed by atoms with Gasteiger partial charge in [0, 0.05) is 31.1 Å². The number of anilines is 1. The highest BCUT2D eigenvalue weighted by Gasteiger charge is 2.13. The minimum Gasteiger partial charge on any atom is -0.371 e. The molecule has 96 valence electrons. The van der Waals surface area contributed by atoms with Gasteiger partial charge in [-0.3, -0.25) is 0 Å². The van der Waals surface area contributed by atoms with Gasteiger partial charge >= 0.3 is 0 Å². The predicted octanol–water partition coefficient (Wildman–Crippen LogP) is 3.03. The molecule has 0 aromatic heterocycles. The molecule has 0 aliphatic rings. The second-order valence-electron chi connectivity index (χ2n) is 4.44. The monoisotopic (exact) mass is 252 g/mol. The quantitative estimate of drug-likeness (QED) is 0.844. The molecule has 0 heterocycles. The molecular weight excluding hydrogens is 228 g/mol. The molecule has 0 aliphatic carbocycles. The third-order valence-corrected chi connectivity index (χ3v) is 4.05. The Morgan fingerprint density at radius 2 is 2.12 bits per heavy atom. The SMILES string of the molecule is CCC(CSC)N(C)c1ccc(CN)c(C)c1. The van der Waals surface area contributed by atoms with Gasteiger partial charge in [-0.25, -0.2) is 0 Å². The lowest BCUT2D eigenvalue weighted by atomic mass is 10.1. The molecule has 0 aliphatic heterocycles. The molecule has 1 atom stereocenters. The highest BCUT2D eigenvalue weighted by atomic mass is 32.2. The van der Waals surface area contributed by atoms with Crippen LogP contribution in [0.5, 0.6) is 0 Å². The fraction of sp³-hybridized carbons (Fsp3) is 0.571. The fourth-order valence-corrected chi connectivity index (χ4v) is 2.88. The molecule has 2 N–H and O–H groups in total. The Kier molecular flexibility index (Phi) is 5.86. The number of nitrogens with two attached hydrogens (primary N) is 1. The average Bonchev–Trinajstić information content (AvgIpc) is 2.35. The largest absolute Gasteiger partial charge is 0.371 e. The minimum atomic E-state index is 0.605. The van der Waals surface area contributed by atoms with Gasteiger partial charge in [-0.2, -0.15) is 11.8 Å². The fourth-order valence-electron chi connectivity index (χ4n) is 2.04. The second kappa shape index (κ2) is 6.92. The first kappa shape index (κ1) is 14.4. The summed E-state index contributed by atoms with van der Waals surface area (Å²) < 4.78 is 0. The van der Waals surface area contributed by atoms with E-state index in [0.717, 1.165) is 0 Å². The van der Waals surface area contributed by atoms with Crippen LogP contribution in [-0.4, -0.2) is 25.1 Å². The molecule has 3 heteroatoms. The second-order valence-corrected chi connectivity index (χ2v) is 5.35. The number of rotatable bonds is 6. The van der Waals surface area contributed by atoms with Crippen LogP contribution >= 0.6 is 11.8 Å². The molecule has 1 aromatic rings. The van der Waals surface area contributed by atoms with Gasteiger partial charge in [-0.1, -0.05) is 13.0 Å². The normalized spacial score (nSPS) is 12.5. The molecule has 1 aromatic carbocycles. The molecule has 0 saturated carbocycles. The molecule has 1 rings (SSSR count). The summed E-state index contributed by atoms with van der Waals surface area (Å²) in [6.45, 7) is 5.01. The Hall–Kier alpha value is -0.670. The first-order valence-electron chi connectivity index (χ1n) is 6.15. The smallest absolute Gasteiger partial charge is 0.0374 e. The zero-order chi connectivity index (χ0) is 12.8. The molecule has 0 amide bonds. The molecule has 1 unspecified atom stereocenters. The Morgan fingerprint density at radius 3 is 2.59 bits per heavy atom. The van der Waals surface area contributed by atoms with Crippen LogP contribution in [-0.2, 0) is 6.54 Å². The van der Waals surface area contributed by atoms with Gasteiger partial charge in [0.1, 0.15) is 0 Å². The standard InChI is InChI=1S/C14H24N2S/c1-5-13(10-17-4)16(3)14-7-6-12(9-15)11(2)8-14/h6-8,13H,5,9-10,15H2,1-4H3. The van der Waals surface area contributed by atoms with Crippen molar-refractivity contribution in [2.24, 2.45) is 5.73 Å². The van der Waals surface area contributed by atoms with E-state index in [2.05, 4.69) is 50.2 Å². The van der Waals surface area contributed by atoms with Crippen molar-refractivity contribution >= 4 is 17.4 Å². The number of nitrogens with zero attached hydrogens (tertiary/aromatic N) is 1. The van der Waals surface area contributed by atoms with E-state index in [4.69, 9.17) is 5.73 Å². The summed E-state index contributed by atoms with van der Waals surface area (Å²) in [6.07, 6.45) is 3.34. The summed E-state index contributed by atoms with van der Waals surface area (Å²) in [6, 6.07) is 7.17. The topological polar surface area (TPSA) is 29.3 Å². The summed E-state index contributed by atoms with van der Waals surface area (Å²) in [4.78, 5) is 2.38. The maximum Gasteiger partial charge on any atom is 0.0374 e. The molecular formula is C14H24N2S. The Bertz CT molecular complexity index is 352. The molecule has 2 nitrogen and oxygen atoms in total. The van der Waals surface area contributed by atoms with Crippen LogP contribution in [0.25, 0.3) is 0 Å². The minimum absolute atomic E-state index is 0.605. The van der Waals surface area contributed by atoms with E-state index in [-0.39, 0.29) is 0 Å². The lowest BCUT2D eigenvalue weighted by Gasteiger charge is -2.29. The zero-order valence-corrected chi connectivity index (χ0v) is 12.2. The van der Waals surface area contributed by atoms with Gasteiger partial charge in [-0.05, 0) is 42.9 Å². The van der Waals surface area contributed by atoms with Crippen molar-refractivity contribution in [1.29, 1.82) is 0 Å². The van der Waals surface area contributed by atoms with Crippen molar-refractivity contribution in [3.63, 3.8) is 0 Å². The van der Waals surface area contributed by atoms with E-state index >= 15 is 0 Å². The first-order chi connectivity index (χ1) is 8.13. The highest BCUT2D eigenvalue weighted by Crippen LogP contribution is 2.22. The van der Waals surface area contributed by atoms with Crippen molar-refractivity contribution < 1.29 is 0 Å². The van der Waals surface area contributed by atoms with Crippen molar-refractivity contribution in [1.82, 2.24) is 0 Å². The molecule has 0 radical (unpaired) electrons. The van der Waals surface area contributed by atoms with Gasteiger partial charge < -0.3 is 10.6 Å². The summed E-state index contributed by atoms with van der Waals surface area (Å²) in [5.41, 5.74) is 9.51. The van der Waals surface area contributed by atoms with E-state index in [1.54, 1.807) is 0 Å². The van der Waals surface area contributed by atoms with Crippen LogP contribution in [0, 0.1) is 6.92 Å². The lowest BCUT2D eigenvalue weighted by Crippen LogP contribution is -2.33. The van der Waals surface area contributed by atoms with E-state index in [1.165, 1.54) is 29.0 Å². The van der Waals surface area contributed by atoms with Crippen molar-refractivity contribution in [2.45, 2.75) is 32.9 Å². The van der Waals surface area contributed by atoms with Crippen LogP contribution in [0.15, 0.2) is 18.2 Å². The summed E-state index contributed by atoms with van der Waals surface area (Å²) in [5.74, 6) is 1.17. The zero-order valence-electron chi connectivity index (χ0n) is 11.4. The van der Waals surface area contributed by atoms with Crippen molar-refractivity contribution in [2.75, 3.05) is 24.0 Å². The summed E-state index contributed by atoms with van der Waals surface area (Å²) in [7, 11) is 2.18. The van der Waals surface area contributed by atoms with Crippen LogP contribution in [0.2, 0.25) is 0 Å². The molecule has 0 spiro atoms. The summed E-state index contributed by atoms with van der Waals surface area (Å²) >= 11 is 1.91. The number of aryl methyl sites for hydroxylation is 1. The van der Waals surface area contributed by atoms with Gasteiger partial charge in [0.05, 0.1) is 0 Å². The van der Waals surface area contributed by atoms with E-state index in [1.807, 2.05) is 11.8 Å². The molecule has 0 fully saturated rings. The molecule has 0 saturated heterocycles. The van der Waals surface area contributed by atoms with E-state index in [0.29, 0.717) is 12.6 Å². The first-order valence-corrected chi connectivity index (χ1v) is 7.54. The Balaban J connectivity index is 2.87. The Morgan fingerprint density at radius 1 is 1.41 bits per heavy atom. The summed E-state index contributed by atoms with van der Waals surface area (Å²) in [5, 5.41) is 0. The predicted molar refractivity (Wildman–Crippen MR) is 79.9 cm³/mol. The van der Waals surface area contributed by atoms with Gasteiger partial charge in [0.2, 0.25) is 0 Å². The third kappa shape index (κ3) is 3.65. The van der Waals surface area contributed by atoms with Crippen LogP contribution in [0.1, 0.15) is 24.5 Å². The van der Waals surface area contributed by atoms with Gasteiger partial charge in [0.15, 0.2) is 0 Å². The number of benzene rings is 1. The number of hydrogen-bond acceptors (Lipinski definition) is 3. The third-order valence-electron chi connectivity index (χ3n) is 3.33. The highest BCUT2D eigenvalue weighted by molar-refractivity contribution is 7.98. The molecule has 17 heavy (non-hydrogen) atoms. The number of thioether (sulfide) groups is 1. The maximum atomic E-state index is 5.69. The van der Waals surface area contributed by atoms with Crippen LogP contribution in [0.4, 0.5) is 5.69 Å². The van der Waals surface area contributed by atoms with E-state index < -0.39 is 0 Å². The van der Waals surface area contributed by atoms with E-state index in [9.17, 15) is 0 Å². The van der Waals surface area contributed by atoms with Gasteiger partial charge in [-0.15, -0.1) is 0 Å². The van der Waals surface area contributed by atoms with Crippen LogP contribution < -0.4 is 10.6 Å². The van der Waals surface area contributed by atoms with Crippen molar-refractivity contribution in [3.05, 3.63) is 29.3 Å². The van der Waals surface area contributed by atoms with Crippen LogP contribution in [0.3, 0.4) is 0 Å². The maximum absolute atomic E-state index is 5.69. The average molecular weight is 252 g/mol. The lowest BCUT2D eigenvalue weighted by molar-refractivity contribution is 0.673. The van der Waals surface area contributed by atoms with Gasteiger partial charge in [0.25, 0.3) is 0 Å². The molecule has 0 bridgehead atoms.